The van der Waals surface area contributed by atoms with E-state index >= 15 is 0 Å². The third-order valence-electron chi connectivity index (χ3n) is 4.22. The van der Waals surface area contributed by atoms with Crippen molar-refractivity contribution in [2.75, 3.05) is 5.32 Å². The SMILES string of the molecule is CC(=O)NCc1ccc(-c2nc(NC(=O)c3cccc(S(=O)(=O)NC(C)C)c3)sc2C)s1. The van der Waals surface area contributed by atoms with E-state index in [1.54, 1.807) is 19.9 Å². The Bertz CT molecular complexity index is 1250. The Kier molecular flexibility index (Phi) is 7.44. The highest BCUT2D eigenvalue weighted by atomic mass is 32.2. The van der Waals surface area contributed by atoms with Crippen LogP contribution in [0.15, 0.2) is 41.3 Å². The van der Waals surface area contributed by atoms with Gasteiger partial charge >= 0.3 is 0 Å². The summed E-state index contributed by atoms with van der Waals surface area (Å²) in [4.78, 5) is 31.3. The molecule has 1 aromatic carbocycles. The van der Waals surface area contributed by atoms with Gasteiger partial charge in [-0.15, -0.1) is 22.7 Å². The number of amides is 2. The van der Waals surface area contributed by atoms with Crippen molar-refractivity contribution in [3.63, 3.8) is 0 Å². The van der Waals surface area contributed by atoms with E-state index in [2.05, 4.69) is 20.3 Å². The zero-order chi connectivity index (χ0) is 23.5. The molecule has 0 aliphatic rings. The monoisotopic (exact) mass is 492 g/mol. The van der Waals surface area contributed by atoms with Crippen molar-refractivity contribution >= 4 is 49.6 Å². The number of rotatable bonds is 8. The van der Waals surface area contributed by atoms with Gasteiger partial charge in [-0.05, 0) is 51.1 Å². The minimum atomic E-state index is -3.70. The molecular weight excluding hydrogens is 468 g/mol. The second-order valence-electron chi connectivity index (χ2n) is 7.36. The fourth-order valence-corrected chi connectivity index (χ4v) is 6.02. The molecule has 0 atom stereocenters. The number of hydrogen-bond donors (Lipinski definition) is 3. The lowest BCUT2D eigenvalue weighted by molar-refractivity contribution is -0.119. The molecule has 3 N–H and O–H groups in total. The van der Waals surface area contributed by atoms with Crippen LogP contribution >= 0.6 is 22.7 Å². The molecule has 0 saturated carbocycles. The van der Waals surface area contributed by atoms with E-state index in [0.29, 0.717) is 11.7 Å². The molecule has 0 aliphatic heterocycles. The van der Waals surface area contributed by atoms with Crippen molar-refractivity contribution in [2.24, 2.45) is 0 Å². The van der Waals surface area contributed by atoms with Gasteiger partial charge in [0.1, 0.15) is 0 Å². The highest BCUT2D eigenvalue weighted by molar-refractivity contribution is 7.89. The summed E-state index contributed by atoms with van der Waals surface area (Å²) in [7, 11) is -3.70. The van der Waals surface area contributed by atoms with E-state index in [0.717, 1.165) is 20.3 Å². The van der Waals surface area contributed by atoms with Crippen LogP contribution in [0.2, 0.25) is 0 Å². The van der Waals surface area contributed by atoms with Gasteiger partial charge in [0.25, 0.3) is 5.91 Å². The molecule has 0 spiro atoms. The summed E-state index contributed by atoms with van der Waals surface area (Å²) in [5, 5.41) is 5.95. The molecule has 2 aromatic heterocycles. The van der Waals surface area contributed by atoms with Gasteiger partial charge in [-0.2, -0.15) is 0 Å². The maximum atomic E-state index is 12.7. The predicted octanol–water partition coefficient (Wildman–Crippen LogP) is 3.76. The summed E-state index contributed by atoms with van der Waals surface area (Å²) < 4.78 is 27.3. The zero-order valence-corrected chi connectivity index (χ0v) is 20.5. The number of hydrogen-bond acceptors (Lipinski definition) is 7. The van der Waals surface area contributed by atoms with Crippen molar-refractivity contribution in [3.05, 3.63) is 51.7 Å². The molecule has 0 unspecified atom stereocenters. The quantitative estimate of drug-likeness (QED) is 0.443. The standard InChI is InChI=1S/C21H24N4O4S3/c1-12(2)25-32(28,29)17-7-5-6-15(10-17)20(27)24-21-23-19(13(3)30-21)18-9-8-16(31-18)11-22-14(4)26/h5-10,12,25H,11H2,1-4H3,(H,22,26)(H,23,24,27). The number of anilines is 1. The molecule has 0 saturated heterocycles. The van der Waals surface area contributed by atoms with Crippen molar-refractivity contribution < 1.29 is 18.0 Å². The predicted molar refractivity (Wildman–Crippen MR) is 128 cm³/mol. The third kappa shape index (κ3) is 6.00. The molecule has 0 radical (unpaired) electrons. The number of aryl methyl sites for hydroxylation is 1. The van der Waals surface area contributed by atoms with E-state index in [4.69, 9.17) is 0 Å². The number of nitrogens with one attached hydrogen (secondary N) is 3. The molecule has 0 aliphatic carbocycles. The summed E-state index contributed by atoms with van der Waals surface area (Å²) in [5.74, 6) is -0.531. The van der Waals surface area contributed by atoms with Crippen LogP contribution in [-0.2, 0) is 21.4 Å². The van der Waals surface area contributed by atoms with Gasteiger partial charge in [0.2, 0.25) is 15.9 Å². The van der Waals surface area contributed by atoms with Crippen molar-refractivity contribution in [1.29, 1.82) is 0 Å². The van der Waals surface area contributed by atoms with E-state index in [1.807, 2.05) is 19.1 Å². The summed E-state index contributed by atoms with van der Waals surface area (Å²) in [5.41, 5.74) is 0.988. The van der Waals surface area contributed by atoms with Crippen LogP contribution in [0, 0.1) is 6.92 Å². The Morgan fingerprint density at radius 1 is 1.12 bits per heavy atom. The first-order chi connectivity index (χ1) is 15.0. The second kappa shape index (κ2) is 9.90. The van der Waals surface area contributed by atoms with Gasteiger partial charge in [0.15, 0.2) is 5.13 Å². The molecule has 3 rings (SSSR count). The normalized spacial score (nSPS) is 11.5. The number of thiophene rings is 1. The van der Waals surface area contributed by atoms with Gasteiger partial charge in [-0.1, -0.05) is 6.07 Å². The van der Waals surface area contributed by atoms with Crippen LogP contribution < -0.4 is 15.4 Å². The van der Waals surface area contributed by atoms with Crippen molar-refractivity contribution in [3.8, 4) is 10.6 Å². The lowest BCUT2D eigenvalue weighted by Gasteiger charge is -2.10. The van der Waals surface area contributed by atoms with Gasteiger partial charge in [-0.3, -0.25) is 14.9 Å². The van der Waals surface area contributed by atoms with Gasteiger partial charge in [0.05, 0.1) is 22.0 Å². The Balaban J connectivity index is 1.76. The Labute approximate surface area is 195 Å². The molecule has 2 heterocycles. The number of thiazole rings is 1. The molecular formula is C21H24N4O4S3. The van der Waals surface area contributed by atoms with Crippen LogP contribution in [0.4, 0.5) is 5.13 Å². The zero-order valence-electron chi connectivity index (χ0n) is 18.1. The van der Waals surface area contributed by atoms with Gasteiger partial charge in [-0.25, -0.2) is 18.1 Å². The summed E-state index contributed by atoms with van der Waals surface area (Å²) in [6.45, 7) is 7.30. The first kappa shape index (κ1) is 24.1. The number of nitrogens with zero attached hydrogens (tertiary/aromatic N) is 1. The van der Waals surface area contributed by atoms with Crippen LogP contribution in [0.5, 0.6) is 0 Å². The number of benzene rings is 1. The van der Waals surface area contributed by atoms with Crippen LogP contribution in [0.25, 0.3) is 10.6 Å². The second-order valence-corrected chi connectivity index (χ2v) is 11.4. The lowest BCUT2D eigenvalue weighted by atomic mass is 10.2. The summed E-state index contributed by atoms with van der Waals surface area (Å²) in [6.07, 6.45) is 0. The third-order valence-corrected chi connectivity index (χ3v) is 7.86. The molecule has 170 valence electrons. The highest BCUT2D eigenvalue weighted by Crippen LogP contribution is 2.34. The fraction of sp³-hybridized carbons (Fsp3) is 0.286. The first-order valence-corrected chi connectivity index (χ1v) is 12.9. The minimum Gasteiger partial charge on any atom is -0.351 e. The smallest absolute Gasteiger partial charge is 0.257 e. The van der Waals surface area contributed by atoms with Crippen molar-refractivity contribution in [2.45, 2.75) is 45.2 Å². The van der Waals surface area contributed by atoms with E-state index in [-0.39, 0.29) is 22.4 Å². The Morgan fingerprint density at radius 3 is 2.56 bits per heavy atom. The minimum absolute atomic E-state index is 0.0279. The summed E-state index contributed by atoms with van der Waals surface area (Å²) in [6, 6.07) is 9.49. The van der Waals surface area contributed by atoms with Crippen LogP contribution in [0.1, 0.15) is 40.9 Å². The maximum absolute atomic E-state index is 12.7. The van der Waals surface area contributed by atoms with E-state index in [1.165, 1.54) is 47.8 Å². The number of carbonyl (C=O) groups is 2. The molecule has 32 heavy (non-hydrogen) atoms. The average Bonchev–Trinajstić information content (AvgIpc) is 3.31. The fourth-order valence-electron chi connectivity index (χ4n) is 2.84. The topological polar surface area (TPSA) is 117 Å². The number of sulfonamides is 1. The summed E-state index contributed by atoms with van der Waals surface area (Å²) >= 11 is 2.86. The number of carbonyl (C=O) groups excluding carboxylic acids is 2. The number of aromatic nitrogens is 1. The molecule has 8 nitrogen and oxygen atoms in total. The maximum Gasteiger partial charge on any atom is 0.257 e. The molecule has 11 heteroatoms. The Morgan fingerprint density at radius 2 is 1.88 bits per heavy atom. The molecule has 2 amide bonds. The van der Waals surface area contributed by atoms with Gasteiger partial charge in [0, 0.05) is 28.3 Å². The molecule has 3 aromatic rings. The molecule has 0 fully saturated rings. The lowest BCUT2D eigenvalue weighted by Crippen LogP contribution is -2.30. The van der Waals surface area contributed by atoms with Crippen molar-refractivity contribution in [1.82, 2.24) is 15.0 Å². The van der Waals surface area contributed by atoms with Crippen LogP contribution in [-0.4, -0.2) is 31.3 Å². The largest absolute Gasteiger partial charge is 0.351 e. The van der Waals surface area contributed by atoms with E-state index < -0.39 is 15.9 Å². The Hall–Kier alpha value is -2.60. The van der Waals surface area contributed by atoms with Gasteiger partial charge < -0.3 is 5.32 Å². The average molecular weight is 493 g/mol. The molecule has 0 bridgehead atoms. The highest BCUT2D eigenvalue weighted by Gasteiger charge is 2.19. The first-order valence-electron chi connectivity index (χ1n) is 9.80. The van der Waals surface area contributed by atoms with Crippen LogP contribution in [0.3, 0.4) is 0 Å². The van der Waals surface area contributed by atoms with E-state index in [9.17, 15) is 18.0 Å².